The zero-order valence-electron chi connectivity index (χ0n) is 14.4. The third kappa shape index (κ3) is 4.39. The second kappa shape index (κ2) is 7.04. The van der Waals surface area contributed by atoms with Crippen LogP contribution in [-0.4, -0.2) is 30.5 Å². The number of nitrogens with two attached hydrogens (primary N) is 2. The summed E-state index contributed by atoms with van der Waals surface area (Å²) in [6, 6.07) is 13.4. The molecule has 1 heterocycles. The summed E-state index contributed by atoms with van der Waals surface area (Å²) < 4.78 is 25.3. The van der Waals surface area contributed by atoms with Crippen LogP contribution in [0.5, 0.6) is 0 Å². The van der Waals surface area contributed by atoms with Crippen molar-refractivity contribution in [1.29, 1.82) is 0 Å². The van der Waals surface area contributed by atoms with Crippen LogP contribution in [0.2, 0.25) is 0 Å². The van der Waals surface area contributed by atoms with Crippen LogP contribution in [0, 0.1) is 0 Å². The summed E-state index contributed by atoms with van der Waals surface area (Å²) in [4.78, 5) is 20.1. The van der Waals surface area contributed by atoms with Gasteiger partial charge in [-0.05, 0) is 24.3 Å². The first-order valence-electron chi connectivity index (χ1n) is 7.84. The Hall–Kier alpha value is -3.46. The van der Waals surface area contributed by atoms with E-state index in [1.54, 1.807) is 48.5 Å². The van der Waals surface area contributed by atoms with Gasteiger partial charge in [0.2, 0.25) is 15.9 Å². The van der Waals surface area contributed by atoms with Crippen LogP contribution in [0.25, 0.3) is 22.5 Å². The number of benzene rings is 2. The van der Waals surface area contributed by atoms with E-state index in [1.165, 1.54) is 6.20 Å². The molecule has 0 aliphatic carbocycles. The van der Waals surface area contributed by atoms with Gasteiger partial charge in [-0.1, -0.05) is 24.3 Å². The van der Waals surface area contributed by atoms with Crippen LogP contribution in [0.4, 0.5) is 11.5 Å². The second-order valence-electron chi connectivity index (χ2n) is 5.89. The van der Waals surface area contributed by atoms with Crippen molar-refractivity contribution in [2.45, 2.75) is 0 Å². The van der Waals surface area contributed by atoms with Crippen LogP contribution in [0.15, 0.2) is 54.7 Å². The number of hydrogen-bond donors (Lipinski definition) is 3. The Balaban J connectivity index is 2.05. The predicted octanol–water partition coefficient (Wildman–Crippen LogP) is 1.86. The van der Waals surface area contributed by atoms with Crippen molar-refractivity contribution in [1.82, 2.24) is 9.97 Å². The van der Waals surface area contributed by atoms with E-state index in [4.69, 9.17) is 11.5 Å². The topological polar surface area (TPSA) is 141 Å². The van der Waals surface area contributed by atoms with E-state index in [-0.39, 0.29) is 5.82 Å². The minimum absolute atomic E-state index is 0.200. The number of rotatable bonds is 5. The predicted molar refractivity (Wildman–Crippen MR) is 104 cm³/mol. The van der Waals surface area contributed by atoms with Crippen molar-refractivity contribution in [3.63, 3.8) is 0 Å². The van der Waals surface area contributed by atoms with Gasteiger partial charge in [0.15, 0.2) is 0 Å². The number of sulfonamides is 1. The van der Waals surface area contributed by atoms with Crippen molar-refractivity contribution in [2.75, 3.05) is 16.7 Å². The molecule has 0 saturated carbocycles. The van der Waals surface area contributed by atoms with Gasteiger partial charge in [-0.2, -0.15) is 0 Å². The molecule has 9 heteroatoms. The fraction of sp³-hybridized carbons (Fsp3) is 0.0556. The largest absolute Gasteiger partial charge is 0.382 e. The highest BCUT2D eigenvalue weighted by Gasteiger charge is 2.12. The van der Waals surface area contributed by atoms with Gasteiger partial charge in [0, 0.05) is 22.4 Å². The lowest BCUT2D eigenvalue weighted by molar-refractivity contribution is 0.100. The molecule has 0 atom stereocenters. The second-order valence-corrected chi connectivity index (χ2v) is 7.64. The van der Waals surface area contributed by atoms with E-state index in [2.05, 4.69) is 14.7 Å². The molecule has 3 aromatic rings. The van der Waals surface area contributed by atoms with Crippen molar-refractivity contribution >= 4 is 27.4 Å². The number of nitrogens with one attached hydrogen (secondary N) is 1. The molecule has 0 fully saturated rings. The summed E-state index contributed by atoms with van der Waals surface area (Å²) in [6.07, 6.45) is 2.57. The highest BCUT2D eigenvalue weighted by atomic mass is 32.2. The fourth-order valence-corrected chi connectivity index (χ4v) is 3.08. The van der Waals surface area contributed by atoms with Gasteiger partial charge >= 0.3 is 0 Å². The molecular formula is C18H17N5O3S. The van der Waals surface area contributed by atoms with E-state index >= 15 is 0 Å². The summed E-state index contributed by atoms with van der Waals surface area (Å²) in [5.74, 6) is -0.357. The van der Waals surface area contributed by atoms with Crippen molar-refractivity contribution in [3.05, 3.63) is 60.3 Å². The van der Waals surface area contributed by atoms with E-state index in [1.807, 2.05) is 0 Å². The molecule has 0 bridgehead atoms. The lowest BCUT2D eigenvalue weighted by Gasteiger charge is -2.10. The third-order valence-electron chi connectivity index (χ3n) is 3.68. The first-order valence-corrected chi connectivity index (χ1v) is 9.73. The molecule has 27 heavy (non-hydrogen) atoms. The zero-order chi connectivity index (χ0) is 19.6. The molecule has 2 aromatic carbocycles. The minimum atomic E-state index is -3.40. The van der Waals surface area contributed by atoms with Crippen molar-refractivity contribution < 1.29 is 13.2 Å². The maximum atomic E-state index is 11.4. The monoisotopic (exact) mass is 383 g/mol. The van der Waals surface area contributed by atoms with E-state index in [0.717, 1.165) is 6.26 Å². The van der Waals surface area contributed by atoms with Crippen LogP contribution in [-0.2, 0) is 10.0 Å². The molecule has 0 spiro atoms. The number of carbonyl (C=O) groups is 1. The SMILES string of the molecule is CS(=O)(=O)Nc1cccc(-c2cnc(N)c(-c3cccc(C(N)=O)c3)n2)c1. The number of anilines is 2. The fourth-order valence-electron chi connectivity index (χ4n) is 2.53. The number of amides is 1. The molecule has 0 aliphatic rings. The standard InChI is InChI=1S/C18H17N5O3S/c1-27(25,26)23-14-7-3-4-11(9-14)15-10-21-17(19)16(22-15)12-5-2-6-13(8-12)18(20)24/h2-10,23H,1H3,(H2,19,21)(H2,20,24). The molecule has 0 saturated heterocycles. The Morgan fingerprint density at radius 1 is 1.07 bits per heavy atom. The summed E-state index contributed by atoms with van der Waals surface area (Å²) in [6.45, 7) is 0. The number of hydrogen-bond acceptors (Lipinski definition) is 6. The lowest BCUT2D eigenvalue weighted by atomic mass is 10.1. The van der Waals surface area contributed by atoms with E-state index < -0.39 is 15.9 Å². The Morgan fingerprint density at radius 2 is 1.78 bits per heavy atom. The summed E-state index contributed by atoms with van der Waals surface area (Å²) >= 11 is 0. The molecule has 0 aliphatic heterocycles. The third-order valence-corrected chi connectivity index (χ3v) is 4.29. The average Bonchev–Trinajstić information content (AvgIpc) is 2.61. The molecule has 138 valence electrons. The van der Waals surface area contributed by atoms with Gasteiger partial charge in [-0.3, -0.25) is 9.52 Å². The van der Waals surface area contributed by atoms with Crippen LogP contribution in [0.1, 0.15) is 10.4 Å². The highest BCUT2D eigenvalue weighted by molar-refractivity contribution is 7.92. The number of carbonyl (C=O) groups excluding carboxylic acids is 1. The normalized spacial score (nSPS) is 11.1. The van der Waals surface area contributed by atoms with Gasteiger partial charge in [-0.15, -0.1) is 0 Å². The minimum Gasteiger partial charge on any atom is -0.382 e. The number of nitrogens with zero attached hydrogens (tertiary/aromatic N) is 2. The maximum Gasteiger partial charge on any atom is 0.248 e. The van der Waals surface area contributed by atoms with E-state index in [0.29, 0.717) is 33.8 Å². The van der Waals surface area contributed by atoms with Crippen LogP contribution in [0.3, 0.4) is 0 Å². The van der Waals surface area contributed by atoms with Gasteiger partial charge < -0.3 is 11.5 Å². The van der Waals surface area contributed by atoms with Gasteiger partial charge in [0.05, 0.1) is 18.1 Å². The molecular weight excluding hydrogens is 366 g/mol. The highest BCUT2D eigenvalue weighted by Crippen LogP contribution is 2.27. The first kappa shape index (κ1) is 18.3. The molecule has 0 radical (unpaired) electrons. The average molecular weight is 383 g/mol. The summed E-state index contributed by atoms with van der Waals surface area (Å²) in [5.41, 5.74) is 14.2. The number of aromatic nitrogens is 2. The number of primary amides is 1. The van der Waals surface area contributed by atoms with Gasteiger partial charge in [0.25, 0.3) is 0 Å². The van der Waals surface area contributed by atoms with Crippen molar-refractivity contribution in [2.24, 2.45) is 5.73 Å². The quantitative estimate of drug-likeness (QED) is 0.614. The Morgan fingerprint density at radius 3 is 2.48 bits per heavy atom. The van der Waals surface area contributed by atoms with E-state index in [9.17, 15) is 13.2 Å². The Kier molecular flexibility index (Phi) is 4.78. The summed E-state index contributed by atoms with van der Waals surface area (Å²) in [7, 11) is -3.40. The summed E-state index contributed by atoms with van der Waals surface area (Å²) in [5, 5.41) is 0. The Labute approximate surface area is 156 Å². The maximum absolute atomic E-state index is 11.4. The van der Waals surface area contributed by atoms with Crippen LogP contribution < -0.4 is 16.2 Å². The number of nitrogen functional groups attached to an aromatic ring is 1. The smallest absolute Gasteiger partial charge is 0.248 e. The Bertz CT molecular complexity index is 1130. The van der Waals surface area contributed by atoms with Gasteiger partial charge in [0.1, 0.15) is 11.5 Å². The zero-order valence-corrected chi connectivity index (χ0v) is 15.2. The lowest BCUT2D eigenvalue weighted by Crippen LogP contribution is -2.11. The van der Waals surface area contributed by atoms with Crippen LogP contribution >= 0.6 is 0 Å². The molecule has 1 aromatic heterocycles. The molecule has 3 rings (SSSR count). The molecule has 5 N–H and O–H groups in total. The first-order chi connectivity index (χ1) is 12.7. The molecule has 1 amide bonds. The van der Waals surface area contributed by atoms with Crippen molar-refractivity contribution in [3.8, 4) is 22.5 Å². The van der Waals surface area contributed by atoms with Gasteiger partial charge in [-0.25, -0.2) is 18.4 Å². The molecule has 8 nitrogen and oxygen atoms in total. The molecule has 0 unspecified atom stereocenters.